The van der Waals surface area contributed by atoms with Crippen LogP contribution in [0.1, 0.15) is 42.1 Å². The Balaban J connectivity index is 1.13. The van der Waals surface area contributed by atoms with Crippen molar-refractivity contribution >= 4 is 23.0 Å². The summed E-state index contributed by atoms with van der Waals surface area (Å²) in [6.45, 7) is 6.56. The average molecular weight is 498 g/mol. The number of nitrogens with two attached hydrogens (primary N) is 1. The van der Waals surface area contributed by atoms with Crippen molar-refractivity contribution in [2.75, 3.05) is 56.3 Å². The van der Waals surface area contributed by atoms with Gasteiger partial charge in [-0.05, 0) is 62.6 Å². The first-order valence-corrected chi connectivity index (χ1v) is 12.7. The van der Waals surface area contributed by atoms with Crippen molar-refractivity contribution in [1.29, 1.82) is 0 Å². The molecular formula is C27H35N3O6. The van der Waals surface area contributed by atoms with Crippen molar-refractivity contribution < 1.29 is 28.5 Å². The molecule has 3 saturated heterocycles. The van der Waals surface area contributed by atoms with Gasteiger partial charge in [0.05, 0.1) is 32.5 Å². The maximum absolute atomic E-state index is 11.8. The van der Waals surface area contributed by atoms with E-state index in [9.17, 15) is 4.79 Å². The van der Waals surface area contributed by atoms with E-state index in [4.69, 9.17) is 29.4 Å². The number of nitrogens with zero attached hydrogens (tertiary/aromatic N) is 1. The van der Waals surface area contributed by atoms with Crippen LogP contribution in [-0.2, 0) is 29.5 Å². The van der Waals surface area contributed by atoms with Crippen LogP contribution >= 0.6 is 0 Å². The van der Waals surface area contributed by atoms with Crippen molar-refractivity contribution in [2.24, 2.45) is 5.73 Å². The summed E-state index contributed by atoms with van der Waals surface area (Å²) >= 11 is 0. The monoisotopic (exact) mass is 497 g/mol. The molecule has 194 valence electrons. The number of amides is 1. The molecule has 36 heavy (non-hydrogen) atoms. The molecule has 1 atom stereocenters. The van der Waals surface area contributed by atoms with Gasteiger partial charge >= 0.3 is 0 Å². The molecule has 3 heterocycles. The van der Waals surface area contributed by atoms with Crippen LogP contribution < -0.4 is 16.0 Å². The first-order chi connectivity index (χ1) is 17.5. The van der Waals surface area contributed by atoms with Crippen molar-refractivity contribution in [3.8, 4) is 0 Å². The maximum atomic E-state index is 11.8. The summed E-state index contributed by atoms with van der Waals surface area (Å²) in [4.78, 5) is 14.0. The fraction of sp³-hybridized carbons (Fsp3) is 0.519. The number of nitrogens with one attached hydrogen (secondary N) is 1. The van der Waals surface area contributed by atoms with E-state index in [-0.39, 0.29) is 12.4 Å². The van der Waals surface area contributed by atoms with Gasteiger partial charge in [0.2, 0.25) is 5.91 Å². The Morgan fingerprint density at radius 1 is 1.06 bits per heavy atom. The average Bonchev–Trinajstić information content (AvgIpc) is 3.31. The summed E-state index contributed by atoms with van der Waals surface area (Å²) in [5, 5.41) is 3.41. The normalized spacial score (nSPS) is 21.8. The van der Waals surface area contributed by atoms with E-state index in [1.807, 2.05) is 25.1 Å². The predicted molar refractivity (Wildman–Crippen MR) is 135 cm³/mol. The lowest BCUT2D eigenvalue weighted by Crippen LogP contribution is -2.52. The van der Waals surface area contributed by atoms with Crippen molar-refractivity contribution in [2.45, 2.75) is 44.4 Å². The molecule has 0 radical (unpaired) electrons. The standard InChI is InChI=1S/C27H35N3O6/c1-27(35-14-15-36-27)23-10-5-19(26(28)31)16-24(23)29-20-6-8-21(9-7-20)30-17-22(18-30)32-12-13-34-25-4-2-3-11-33-25/h5-10,16,22,25,29H,2-4,11-15,17-18H2,1H3,(H2,28,31). The quantitative estimate of drug-likeness (QED) is 0.481. The van der Waals surface area contributed by atoms with Crippen LogP contribution in [0.4, 0.5) is 17.1 Å². The third kappa shape index (κ3) is 5.82. The molecule has 9 heteroatoms. The van der Waals surface area contributed by atoms with Crippen LogP contribution in [0.2, 0.25) is 0 Å². The van der Waals surface area contributed by atoms with Crippen LogP contribution in [0.3, 0.4) is 0 Å². The number of hydrogen-bond acceptors (Lipinski definition) is 8. The van der Waals surface area contributed by atoms with Gasteiger partial charge in [-0.15, -0.1) is 0 Å². The summed E-state index contributed by atoms with van der Waals surface area (Å²) in [5.74, 6) is -1.36. The molecule has 0 aromatic heterocycles. The second kappa shape index (κ2) is 11.1. The van der Waals surface area contributed by atoms with Gasteiger partial charge in [0.15, 0.2) is 12.1 Å². The van der Waals surface area contributed by atoms with Crippen molar-refractivity contribution in [3.05, 3.63) is 53.6 Å². The molecule has 1 amide bonds. The zero-order valence-corrected chi connectivity index (χ0v) is 20.7. The zero-order chi connectivity index (χ0) is 25.0. The van der Waals surface area contributed by atoms with Gasteiger partial charge in [0.1, 0.15) is 0 Å². The first kappa shape index (κ1) is 25.0. The van der Waals surface area contributed by atoms with Gasteiger partial charge in [-0.25, -0.2) is 0 Å². The first-order valence-electron chi connectivity index (χ1n) is 12.7. The zero-order valence-electron chi connectivity index (χ0n) is 20.7. The molecule has 3 fully saturated rings. The Hall–Kier alpha value is -2.69. The Morgan fingerprint density at radius 3 is 2.50 bits per heavy atom. The second-order valence-electron chi connectivity index (χ2n) is 9.50. The van der Waals surface area contributed by atoms with Crippen LogP contribution in [0.15, 0.2) is 42.5 Å². The Kier molecular flexibility index (Phi) is 7.73. The topological polar surface area (TPSA) is 105 Å². The van der Waals surface area contributed by atoms with E-state index in [1.165, 1.54) is 6.42 Å². The fourth-order valence-electron chi connectivity index (χ4n) is 4.77. The molecule has 1 unspecified atom stereocenters. The highest BCUT2D eigenvalue weighted by molar-refractivity contribution is 5.94. The van der Waals surface area contributed by atoms with E-state index < -0.39 is 11.7 Å². The molecule has 5 rings (SSSR count). The molecule has 0 bridgehead atoms. The largest absolute Gasteiger partial charge is 0.372 e. The highest BCUT2D eigenvalue weighted by Gasteiger charge is 2.35. The molecule has 0 saturated carbocycles. The molecule has 3 N–H and O–H groups in total. The Labute approximate surface area is 211 Å². The van der Waals surface area contributed by atoms with Gasteiger partial charge < -0.3 is 39.6 Å². The molecule has 0 spiro atoms. The Bertz CT molecular complexity index is 1030. The minimum atomic E-state index is -0.875. The third-order valence-electron chi connectivity index (χ3n) is 6.87. The number of rotatable bonds is 10. The highest BCUT2D eigenvalue weighted by Crippen LogP contribution is 2.37. The molecule has 2 aromatic carbocycles. The lowest BCUT2D eigenvalue weighted by molar-refractivity contribution is -0.171. The molecule has 3 aliphatic heterocycles. The van der Waals surface area contributed by atoms with Gasteiger partial charge in [0.25, 0.3) is 0 Å². The highest BCUT2D eigenvalue weighted by atomic mass is 16.7. The summed E-state index contributed by atoms with van der Waals surface area (Å²) in [6, 6.07) is 13.4. The van der Waals surface area contributed by atoms with Crippen LogP contribution in [0.5, 0.6) is 0 Å². The number of carbonyl (C=O) groups is 1. The summed E-state index contributed by atoms with van der Waals surface area (Å²) in [6.07, 6.45) is 3.41. The summed E-state index contributed by atoms with van der Waals surface area (Å²) in [7, 11) is 0. The molecule has 3 aliphatic rings. The number of anilines is 3. The number of primary amides is 1. The molecule has 0 aliphatic carbocycles. The van der Waals surface area contributed by atoms with E-state index >= 15 is 0 Å². The van der Waals surface area contributed by atoms with Crippen LogP contribution in [-0.4, -0.2) is 64.4 Å². The van der Waals surface area contributed by atoms with E-state index in [0.717, 1.165) is 55.2 Å². The van der Waals surface area contributed by atoms with Gasteiger partial charge in [-0.3, -0.25) is 4.79 Å². The van der Waals surface area contributed by atoms with E-state index in [2.05, 4.69) is 22.3 Å². The summed E-state index contributed by atoms with van der Waals surface area (Å²) in [5.41, 5.74) is 9.49. The molecule has 9 nitrogen and oxygen atoms in total. The molecule has 2 aromatic rings. The summed E-state index contributed by atoms with van der Waals surface area (Å²) < 4.78 is 28.9. The van der Waals surface area contributed by atoms with E-state index in [1.54, 1.807) is 12.1 Å². The molecular weight excluding hydrogens is 462 g/mol. The van der Waals surface area contributed by atoms with E-state index in [0.29, 0.717) is 32.0 Å². The lowest BCUT2D eigenvalue weighted by atomic mass is 10.0. The number of hydrogen-bond donors (Lipinski definition) is 2. The van der Waals surface area contributed by atoms with Crippen LogP contribution in [0, 0.1) is 0 Å². The van der Waals surface area contributed by atoms with Crippen molar-refractivity contribution in [1.82, 2.24) is 0 Å². The smallest absolute Gasteiger partial charge is 0.248 e. The maximum Gasteiger partial charge on any atom is 0.248 e. The van der Waals surface area contributed by atoms with Gasteiger partial charge in [0, 0.05) is 47.9 Å². The third-order valence-corrected chi connectivity index (χ3v) is 6.87. The Morgan fingerprint density at radius 2 is 1.81 bits per heavy atom. The number of benzene rings is 2. The second-order valence-corrected chi connectivity index (χ2v) is 9.50. The van der Waals surface area contributed by atoms with Gasteiger partial charge in [-0.1, -0.05) is 6.07 Å². The van der Waals surface area contributed by atoms with Crippen LogP contribution in [0.25, 0.3) is 0 Å². The lowest BCUT2D eigenvalue weighted by Gasteiger charge is -2.40. The SMILES string of the molecule is CC1(c2ccc(C(N)=O)cc2Nc2ccc(N3CC(OCCOC4CCCCO4)C3)cc2)OCCO1. The number of ether oxygens (including phenoxy) is 5. The predicted octanol–water partition coefficient (Wildman–Crippen LogP) is 3.50. The van der Waals surface area contributed by atoms with Gasteiger partial charge in [-0.2, -0.15) is 0 Å². The number of carbonyl (C=O) groups excluding carboxylic acids is 1. The minimum absolute atomic E-state index is 0.0669. The van der Waals surface area contributed by atoms with Crippen molar-refractivity contribution in [3.63, 3.8) is 0 Å². The minimum Gasteiger partial charge on any atom is -0.372 e. The fourth-order valence-corrected chi connectivity index (χ4v) is 4.77.